The summed E-state index contributed by atoms with van der Waals surface area (Å²) in [6, 6.07) is 2.99. The Balaban J connectivity index is 0.00000162. The molecule has 1 aliphatic rings. The maximum Gasteiger partial charge on any atom is 1.00 e. The topological polar surface area (TPSA) is 62.7 Å². The third kappa shape index (κ3) is 4.19. The summed E-state index contributed by atoms with van der Waals surface area (Å²) in [6.45, 7) is 3.40. The average Bonchev–Trinajstić information content (AvgIpc) is 2.30. The molecule has 1 saturated heterocycles. The molecule has 1 aromatic rings. The van der Waals surface area contributed by atoms with Gasteiger partial charge in [0, 0.05) is 19.6 Å². The third-order valence-electron chi connectivity index (χ3n) is 2.65. The molecule has 0 unspecified atom stereocenters. The fourth-order valence-electron chi connectivity index (χ4n) is 1.76. The Hall–Kier alpha value is -0.170. The van der Waals surface area contributed by atoms with Crippen molar-refractivity contribution >= 4 is 17.6 Å². The van der Waals surface area contributed by atoms with E-state index in [0.29, 0.717) is 30.6 Å². The van der Waals surface area contributed by atoms with Crippen molar-refractivity contribution in [1.82, 2.24) is 9.88 Å². The van der Waals surface area contributed by atoms with E-state index in [1.165, 1.54) is 12.1 Å². The van der Waals surface area contributed by atoms with Crippen LogP contribution < -0.4 is 29.6 Å². The molecule has 1 aromatic heterocycles. The van der Waals surface area contributed by atoms with E-state index in [1.807, 2.05) is 0 Å². The van der Waals surface area contributed by atoms with E-state index in [4.69, 9.17) is 21.4 Å². The minimum Gasteiger partial charge on any atom is -0.478 e. The normalized spacial score (nSPS) is 16.1. The number of aromatic nitrogens is 1. The van der Waals surface area contributed by atoms with Crippen molar-refractivity contribution in [3.05, 3.63) is 28.5 Å². The first-order valence-corrected chi connectivity index (χ1v) is 5.73. The van der Waals surface area contributed by atoms with Crippen LogP contribution in [0.25, 0.3) is 0 Å². The van der Waals surface area contributed by atoms with Crippen LogP contribution in [-0.4, -0.2) is 47.3 Å². The van der Waals surface area contributed by atoms with E-state index in [0.717, 1.165) is 13.1 Å². The standard InChI is InChI=1S/C11H13ClN2O3.Na/c12-10-2-1-8(11(15)16)9(13-10)7-14-3-5-17-6-4-14;/h1-2H,3-7H2,(H,15,16);/q;+1. The summed E-state index contributed by atoms with van der Waals surface area (Å²) >= 11 is 5.79. The minimum absolute atomic E-state index is 0. The molecule has 92 valence electrons. The first-order valence-electron chi connectivity index (χ1n) is 5.35. The molecule has 0 radical (unpaired) electrons. The van der Waals surface area contributed by atoms with Gasteiger partial charge in [0.15, 0.2) is 0 Å². The molecular formula is C11H13ClN2NaO3+. The van der Waals surface area contributed by atoms with Gasteiger partial charge < -0.3 is 9.84 Å². The second-order valence-corrected chi connectivity index (χ2v) is 4.21. The minimum atomic E-state index is -0.975. The maximum atomic E-state index is 11.0. The largest absolute Gasteiger partial charge is 1.00 e. The number of carbonyl (C=O) groups is 1. The molecule has 18 heavy (non-hydrogen) atoms. The summed E-state index contributed by atoms with van der Waals surface area (Å²) in [7, 11) is 0. The number of nitrogens with zero attached hydrogens (tertiary/aromatic N) is 2. The summed E-state index contributed by atoms with van der Waals surface area (Å²) in [5.41, 5.74) is 0.716. The third-order valence-corrected chi connectivity index (χ3v) is 2.86. The van der Waals surface area contributed by atoms with Gasteiger partial charge >= 0.3 is 35.5 Å². The fourth-order valence-corrected chi connectivity index (χ4v) is 1.93. The van der Waals surface area contributed by atoms with Gasteiger partial charge in [-0.15, -0.1) is 0 Å². The van der Waals surface area contributed by atoms with E-state index >= 15 is 0 Å². The molecule has 0 aliphatic carbocycles. The van der Waals surface area contributed by atoms with Crippen LogP contribution in [0.4, 0.5) is 0 Å². The van der Waals surface area contributed by atoms with Crippen LogP contribution in [0, 0.1) is 0 Å². The molecular weight excluding hydrogens is 267 g/mol. The zero-order chi connectivity index (χ0) is 12.3. The zero-order valence-corrected chi connectivity index (χ0v) is 13.0. The van der Waals surface area contributed by atoms with Gasteiger partial charge in [0.25, 0.3) is 0 Å². The second-order valence-electron chi connectivity index (χ2n) is 3.82. The SMILES string of the molecule is O=C(O)c1ccc(Cl)nc1CN1CCOCC1.[Na+]. The van der Waals surface area contributed by atoms with Gasteiger partial charge in [0.05, 0.1) is 24.5 Å². The Morgan fingerprint density at radius 3 is 2.72 bits per heavy atom. The van der Waals surface area contributed by atoms with Crippen LogP contribution in [0.2, 0.25) is 5.15 Å². The molecule has 0 aromatic carbocycles. The van der Waals surface area contributed by atoms with Crippen LogP contribution >= 0.6 is 11.6 Å². The van der Waals surface area contributed by atoms with Crippen molar-refractivity contribution in [2.75, 3.05) is 26.3 Å². The molecule has 7 heteroatoms. The smallest absolute Gasteiger partial charge is 0.478 e. The van der Waals surface area contributed by atoms with Crippen molar-refractivity contribution in [3.8, 4) is 0 Å². The predicted molar refractivity (Wildman–Crippen MR) is 62.3 cm³/mol. The van der Waals surface area contributed by atoms with Gasteiger partial charge in [0.2, 0.25) is 0 Å². The molecule has 0 saturated carbocycles. The van der Waals surface area contributed by atoms with E-state index in [-0.39, 0.29) is 35.1 Å². The average molecular weight is 280 g/mol. The molecule has 5 nitrogen and oxygen atoms in total. The summed E-state index contributed by atoms with van der Waals surface area (Å²) in [4.78, 5) is 17.2. The number of ether oxygens (including phenoxy) is 1. The van der Waals surface area contributed by atoms with Crippen molar-refractivity contribution in [3.63, 3.8) is 0 Å². The van der Waals surface area contributed by atoms with Gasteiger partial charge in [-0.1, -0.05) is 11.6 Å². The van der Waals surface area contributed by atoms with Crippen molar-refractivity contribution in [1.29, 1.82) is 0 Å². The van der Waals surface area contributed by atoms with Crippen molar-refractivity contribution in [2.45, 2.75) is 6.54 Å². The monoisotopic (exact) mass is 279 g/mol. The van der Waals surface area contributed by atoms with Gasteiger partial charge in [-0.3, -0.25) is 4.90 Å². The van der Waals surface area contributed by atoms with E-state index < -0.39 is 5.97 Å². The van der Waals surface area contributed by atoms with Crippen molar-refractivity contribution in [2.24, 2.45) is 0 Å². The maximum absolute atomic E-state index is 11.0. The predicted octanol–water partition coefficient (Wildman–Crippen LogP) is -1.73. The van der Waals surface area contributed by atoms with Gasteiger partial charge in [-0.2, -0.15) is 0 Å². The van der Waals surface area contributed by atoms with E-state index in [9.17, 15) is 4.79 Å². The Bertz CT molecular complexity index is 425. The van der Waals surface area contributed by atoms with Crippen LogP contribution in [0.5, 0.6) is 0 Å². The molecule has 0 atom stereocenters. The van der Waals surface area contributed by atoms with Crippen LogP contribution in [0.3, 0.4) is 0 Å². The van der Waals surface area contributed by atoms with Gasteiger partial charge in [-0.05, 0) is 12.1 Å². The summed E-state index contributed by atoms with van der Waals surface area (Å²) < 4.78 is 5.23. The number of rotatable bonds is 3. The number of morpholine rings is 1. The molecule has 2 rings (SSSR count). The molecule has 0 spiro atoms. The first kappa shape index (κ1) is 15.9. The summed E-state index contributed by atoms with van der Waals surface area (Å²) in [6.07, 6.45) is 0. The molecule has 1 fully saturated rings. The van der Waals surface area contributed by atoms with E-state index in [1.54, 1.807) is 0 Å². The summed E-state index contributed by atoms with van der Waals surface area (Å²) in [5.74, 6) is -0.975. The van der Waals surface area contributed by atoms with Gasteiger partial charge in [-0.25, -0.2) is 9.78 Å². The molecule has 2 heterocycles. The summed E-state index contributed by atoms with van der Waals surface area (Å²) in [5, 5.41) is 9.38. The Kier molecular flexibility index (Phi) is 6.55. The molecule has 1 aliphatic heterocycles. The number of halogens is 1. The number of carboxylic acid groups (broad SMARTS) is 1. The van der Waals surface area contributed by atoms with Gasteiger partial charge in [0.1, 0.15) is 5.15 Å². The Labute approximate surface area is 132 Å². The number of hydrogen-bond donors (Lipinski definition) is 1. The number of aromatic carboxylic acids is 1. The van der Waals surface area contributed by atoms with Crippen LogP contribution in [-0.2, 0) is 11.3 Å². The first-order chi connectivity index (χ1) is 8.16. The van der Waals surface area contributed by atoms with E-state index in [2.05, 4.69) is 9.88 Å². The van der Waals surface area contributed by atoms with Crippen LogP contribution in [0.15, 0.2) is 12.1 Å². The Morgan fingerprint density at radius 1 is 1.44 bits per heavy atom. The zero-order valence-electron chi connectivity index (χ0n) is 10.2. The van der Waals surface area contributed by atoms with Crippen LogP contribution in [0.1, 0.15) is 16.1 Å². The number of carboxylic acids is 1. The fraction of sp³-hybridized carbons (Fsp3) is 0.455. The number of pyridine rings is 1. The molecule has 0 amide bonds. The Morgan fingerprint density at radius 2 is 2.11 bits per heavy atom. The number of hydrogen-bond acceptors (Lipinski definition) is 4. The quantitative estimate of drug-likeness (QED) is 0.526. The van der Waals surface area contributed by atoms with Crippen molar-refractivity contribution < 1.29 is 44.2 Å². The molecule has 0 bridgehead atoms. The second kappa shape index (κ2) is 7.43. The molecule has 1 N–H and O–H groups in total.